The molecule has 0 radical (unpaired) electrons. The molecule has 0 spiro atoms. The first-order valence-electron chi connectivity index (χ1n) is 5.10. The van der Waals surface area contributed by atoms with E-state index in [-0.39, 0.29) is 11.9 Å². The number of hydrogen-bond donors (Lipinski definition) is 1. The highest BCUT2D eigenvalue weighted by atomic mass is 79.9. The molecule has 2 aromatic rings. The maximum absolute atomic E-state index is 13.2. The molecule has 1 N–H and O–H groups in total. The highest BCUT2D eigenvalue weighted by Crippen LogP contribution is 2.25. The third-order valence-electron chi connectivity index (χ3n) is 2.41. The Morgan fingerprint density at radius 1 is 1.41 bits per heavy atom. The van der Waals surface area contributed by atoms with Crippen molar-refractivity contribution in [2.45, 2.75) is 6.04 Å². The topological polar surface area (TPSA) is 37.8 Å². The van der Waals surface area contributed by atoms with E-state index >= 15 is 0 Å². The predicted octanol–water partition coefficient (Wildman–Crippen LogP) is 2.69. The molecule has 0 saturated carbocycles. The van der Waals surface area contributed by atoms with Gasteiger partial charge in [-0.15, -0.1) is 0 Å². The summed E-state index contributed by atoms with van der Waals surface area (Å²) in [6, 6.07) is 5.01. The minimum absolute atomic E-state index is 0.186. The number of rotatable bonds is 3. The van der Waals surface area contributed by atoms with E-state index in [1.54, 1.807) is 19.4 Å². The van der Waals surface area contributed by atoms with Crippen molar-refractivity contribution in [3.8, 4) is 0 Å². The van der Waals surface area contributed by atoms with Gasteiger partial charge in [0.1, 0.15) is 5.82 Å². The molecule has 0 bridgehead atoms. The maximum atomic E-state index is 13.2. The van der Waals surface area contributed by atoms with Crippen molar-refractivity contribution in [1.29, 1.82) is 0 Å². The van der Waals surface area contributed by atoms with Gasteiger partial charge in [0.05, 0.1) is 17.9 Å². The zero-order valence-electron chi connectivity index (χ0n) is 9.19. The van der Waals surface area contributed by atoms with Crippen LogP contribution < -0.4 is 5.32 Å². The molecule has 0 aromatic carbocycles. The first-order chi connectivity index (χ1) is 8.22. The van der Waals surface area contributed by atoms with Gasteiger partial charge in [-0.3, -0.25) is 9.97 Å². The molecular formula is C12H11BrFN3. The van der Waals surface area contributed by atoms with E-state index in [1.807, 2.05) is 12.1 Å². The van der Waals surface area contributed by atoms with Crippen LogP contribution >= 0.6 is 15.9 Å². The molecule has 17 heavy (non-hydrogen) atoms. The summed E-state index contributed by atoms with van der Waals surface area (Å²) in [6.07, 6.45) is 4.52. The van der Waals surface area contributed by atoms with Gasteiger partial charge in [-0.25, -0.2) is 4.39 Å². The van der Waals surface area contributed by atoms with Crippen molar-refractivity contribution < 1.29 is 4.39 Å². The number of hydrogen-bond acceptors (Lipinski definition) is 3. The molecular weight excluding hydrogens is 285 g/mol. The molecule has 88 valence electrons. The largest absolute Gasteiger partial charge is 0.308 e. The number of pyridine rings is 2. The Balaban J connectivity index is 2.44. The minimum atomic E-state index is -0.352. The van der Waals surface area contributed by atoms with E-state index < -0.39 is 0 Å². The molecule has 0 amide bonds. The van der Waals surface area contributed by atoms with Gasteiger partial charge in [0.2, 0.25) is 0 Å². The van der Waals surface area contributed by atoms with Gasteiger partial charge in [0, 0.05) is 16.9 Å². The van der Waals surface area contributed by atoms with Crippen molar-refractivity contribution in [2.75, 3.05) is 7.05 Å². The lowest BCUT2D eigenvalue weighted by Gasteiger charge is -2.16. The summed E-state index contributed by atoms with van der Waals surface area (Å²) in [4.78, 5) is 8.15. The Morgan fingerprint density at radius 2 is 2.24 bits per heavy atom. The van der Waals surface area contributed by atoms with Crippen molar-refractivity contribution in [3.63, 3.8) is 0 Å². The van der Waals surface area contributed by atoms with Crippen LogP contribution in [0.25, 0.3) is 0 Å². The molecule has 3 nitrogen and oxygen atoms in total. The lowest BCUT2D eigenvalue weighted by Crippen LogP contribution is -2.19. The van der Waals surface area contributed by atoms with E-state index in [1.165, 1.54) is 12.3 Å². The monoisotopic (exact) mass is 295 g/mol. The van der Waals surface area contributed by atoms with Crippen LogP contribution in [0, 0.1) is 5.82 Å². The van der Waals surface area contributed by atoms with Gasteiger partial charge in [0.15, 0.2) is 0 Å². The average Bonchev–Trinajstić information content (AvgIpc) is 2.33. The highest BCUT2D eigenvalue weighted by molar-refractivity contribution is 9.10. The van der Waals surface area contributed by atoms with Crippen molar-refractivity contribution in [3.05, 3.63) is 58.3 Å². The fourth-order valence-electron chi connectivity index (χ4n) is 1.66. The number of nitrogens with zero attached hydrogens (tertiary/aromatic N) is 2. The van der Waals surface area contributed by atoms with E-state index in [2.05, 4.69) is 31.2 Å². The predicted molar refractivity (Wildman–Crippen MR) is 67.0 cm³/mol. The molecule has 0 fully saturated rings. The summed E-state index contributed by atoms with van der Waals surface area (Å²) in [5.74, 6) is -0.352. The second kappa shape index (κ2) is 5.33. The first kappa shape index (κ1) is 12.1. The van der Waals surface area contributed by atoms with Crippen LogP contribution in [-0.2, 0) is 0 Å². The smallest absolute Gasteiger partial charge is 0.141 e. The molecule has 1 unspecified atom stereocenters. The number of nitrogens with one attached hydrogen (secondary N) is 1. The standard InChI is InChI=1S/C12H11BrFN3/c1-15-11(8-5-9(14)7-16-6-8)12-10(13)3-2-4-17-12/h2-7,11,15H,1H3. The highest BCUT2D eigenvalue weighted by Gasteiger charge is 2.16. The Kier molecular flexibility index (Phi) is 3.81. The van der Waals surface area contributed by atoms with Gasteiger partial charge < -0.3 is 5.32 Å². The molecule has 0 saturated heterocycles. The van der Waals surface area contributed by atoms with E-state index in [4.69, 9.17) is 0 Å². The van der Waals surface area contributed by atoms with Gasteiger partial charge in [0.25, 0.3) is 0 Å². The molecule has 0 aliphatic carbocycles. The van der Waals surface area contributed by atoms with E-state index in [9.17, 15) is 4.39 Å². The van der Waals surface area contributed by atoms with Gasteiger partial charge in [-0.2, -0.15) is 0 Å². The second-order valence-electron chi connectivity index (χ2n) is 3.53. The molecule has 2 heterocycles. The summed E-state index contributed by atoms with van der Waals surface area (Å²) in [6.45, 7) is 0. The molecule has 5 heteroatoms. The van der Waals surface area contributed by atoms with Crippen LogP contribution in [0.4, 0.5) is 4.39 Å². The minimum Gasteiger partial charge on any atom is -0.308 e. The van der Waals surface area contributed by atoms with Crippen molar-refractivity contribution in [1.82, 2.24) is 15.3 Å². The molecule has 2 aromatic heterocycles. The summed E-state index contributed by atoms with van der Waals surface area (Å²) in [5.41, 5.74) is 1.55. The van der Waals surface area contributed by atoms with Crippen LogP contribution in [0.1, 0.15) is 17.3 Å². The Bertz CT molecular complexity index is 519. The number of aromatic nitrogens is 2. The zero-order chi connectivity index (χ0) is 12.3. The van der Waals surface area contributed by atoms with Crippen LogP contribution in [0.5, 0.6) is 0 Å². The van der Waals surface area contributed by atoms with Crippen molar-refractivity contribution in [2.24, 2.45) is 0 Å². The van der Waals surface area contributed by atoms with Gasteiger partial charge in [-0.1, -0.05) is 0 Å². The van der Waals surface area contributed by atoms with E-state index in [0.29, 0.717) is 0 Å². The quantitative estimate of drug-likeness (QED) is 0.946. The molecule has 0 aliphatic heterocycles. The van der Waals surface area contributed by atoms with Gasteiger partial charge >= 0.3 is 0 Å². The normalized spacial score (nSPS) is 12.4. The van der Waals surface area contributed by atoms with Crippen LogP contribution in [0.15, 0.2) is 41.3 Å². The maximum Gasteiger partial charge on any atom is 0.141 e. The van der Waals surface area contributed by atoms with Gasteiger partial charge in [-0.05, 0) is 46.7 Å². The lowest BCUT2D eigenvalue weighted by molar-refractivity contribution is 0.605. The zero-order valence-corrected chi connectivity index (χ0v) is 10.8. The Hall–Kier alpha value is -1.33. The van der Waals surface area contributed by atoms with Crippen LogP contribution in [0.2, 0.25) is 0 Å². The average molecular weight is 296 g/mol. The van der Waals surface area contributed by atoms with Crippen LogP contribution in [-0.4, -0.2) is 17.0 Å². The van der Waals surface area contributed by atoms with Crippen LogP contribution in [0.3, 0.4) is 0 Å². The SMILES string of the molecule is CNC(c1cncc(F)c1)c1ncccc1Br. The molecule has 0 aliphatic rings. The number of halogens is 2. The lowest BCUT2D eigenvalue weighted by atomic mass is 10.1. The Morgan fingerprint density at radius 3 is 2.88 bits per heavy atom. The second-order valence-corrected chi connectivity index (χ2v) is 4.38. The fraction of sp³-hybridized carbons (Fsp3) is 0.167. The third kappa shape index (κ3) is 2.68. The summed E-state index contributed by atoms with van der Waals surface area (Å²) in [5, 5.41) is 3.10. The third-order valence-corrected chi connectivity index (χ3v) is 3.08. The molecule has 2 rings (SSSR count). The molecule has 1 atom stereocenters. The first-order valence-corrected chi connectivity index (χ1v) is 5.90. The van der Waals surface area contributed by atoms with Crippen molar-refractivity contribution >= 4 is 15.9 Å². The summed E-state index contributed by atoms with van der Waals surface area (Å²) in [7, 11) is 1.80. The Labute approximate surface area is 107 Å². The summed E-state index contributed by atoms with van der Waals surface area (Å²) >= 11 is 3.44. The fourth-order valence-corrected chi connectivity index (χ4v) is 2.14. The summed E-state index contributed by atoms with van der Waals surface area (Å²) < 4.78 is 14.0. The van der Waals surface area contributed by atoms with E-state index in [0.717, 1.165) is 15.7 Å².